The molecule has 0 atom stereocenters. The Labute approximate surface area is 194 Å². The van der Waals surface area contributed by atoms with Crippen molar-refractivity contribution in [2.24, 2.45) is 5.10 Å². The standard InChI is InChI=1S/C27H29N3O3/c1-4-30(21-13-8-10-18(2)16-21)27(32)26-19(3)25-22(14-9-15-23(25)33-26)28-29-24(31)17-20-11-6-5-7-12-20/h5-8,10-13,16H,4,9,14-15,17H2,1-3H3,(H,29,31)/b28-22+. The number of carbonyl (C=O) groups is 2. The first-order valence-electron chi connectivity index (χ1n) is 11.4. The van der Waals surface area contributed by atoms with Crippen molar-refractivity contribution in [2.75, 3.05) is 11.4 Å². The molecule has 6 nitrogen and oxygen atoms in total. The van der Waals surface area contributed by atoms with Crippen molar-refractivity contribution in [3.8, 4) is 0 Å². The van der Waals surface area contributed by atoms with Crippen molar-refractivity contribution >= 4 is 23.2 Å². The van der Waals surface area contributed by atoms with Crippen LogP contribution in [0.2, 0.25) is 0 Å². The van der Waals surface area contributed by atoms with E-state index in [1.807, 2.05) is 75.4 Å². The Morgan fingerprint density at radius 2 is 1.85 bits per heavy atom. The van der Waals surface area contributed by atoms with E-state index in [9.17, 15) is 9.59 Å². The van der Waals surface area contributed by atoms with Gasteiger partial charge in [-0.25, -0.2) is 5.43 Å². The molecule has 0 unspecified atom stereocenters. The van der Waals surface area contributed by atoms with E-state index in [2.05, 4.69) is 10.5 Å². The molecule has 3 aromatic rings. The number of benzene rings is 2. The number of fused-ring (bicyclic) bond motifs is 1. The number of hydrogen-bond donors (Lipinski definition) is 1. The van der Waals surface area contributed by atoms with Crippen molar-refractivity contribution in [3.05, 3.63) is 88.4 Å². The number of rotatable bonds is 6. The van der Waals surface area contributed by atoms with Crippen LogP contribution in [0.4, 0.5) is 5.69 Å². The number of amides is 2. The lowest BCUT2D eigenvalue weighted by Crippen LogP contribution is -2.31. The number of hydrazone groups is 1. The van der Waals surface area contributed by atoms with Crippen molar-refractivity contribution in [1.82, 2.24) is 5.43 Å². The molecule has 0 fully saturated rings. The van der Waals surface area contributed by atoms with E-state index < -0.39 is 0 Å². The molecule has 2 aromatic carbocycles. The summed E-state index contributed by atoms with van der Waals surface area (Å²) in [6.45, 7) is 6.39. The Morgan fingerprint density at radius 3 is 2.58 bits per heavy atom. The van der Waals surface area contributed by atoms with Gasteiger partial charge in [0.1, 0.15) is 5.76 Å². The molecule has 1 heterocycles. The van der Waals surface area contributed by atoms with Crippen molar-refractivity contribution in [3.63, 3.8) is 0 Å². The Morgan fingerprint density at radius 1 is 1.06 bits per heavy atom. The Bertz CT molecular complexity index is 1190. The van der Waals surface area contributed by atoms with Gasteiger partial charge in [-0.2, -0.15) is 5.10 Å². The summed E-state index contributed by atoms with van der Waals surface area (Å²) in [5.74, 6) is 0.768. The third kappa shape index (κ3) is 4.90. The quantitative estimate of drug-likeness (QED) is 0.547. The normalized spacial score (nSPS) is 14.1. The first kappa shape index (κ1) is 22.5. The summed E-state index contributed by atoms with van der Waals surface area (Å²) in [5, 5.41) is 4.42. The first-order valence-corrected chi connectivity index (χ1v) is 11.4. The number of nitrogens with one attached hydrogen (secondary N) is 1. The molecule has 0 bridgehead atoms. The summed E-state index contributed by atoms with van der Waals surface area (Å²) in [4.78, 5) is 27.5. The van der Waals surface area contributed by atoms with Crippen molar-refractivity contribution in [2.45, 2.75) is 46.5 Å². The number of furan rings is 1. The fraction of sp³-hybridized carbons (Fsp3) is 0.296. The van der Waals surface area contributed by atoms with Crippen molar-refractivity contribution in [1.29, 1.82) is 0 Å². The first-order chi connectivity index (χ1) is 16.0. The highest BCUT2D eigenvalue weighted by molar-refractivity contribution is 6.10. The van der Waals surface area contributed by atoms with Crippen LogP contribution in [-0.4, -0.2) is 24.1 Å². The smallest absolute Gasteiger partial charge is 0.294 e. The predicted octanol–water partition coefficient (Wildman–Crippen LogP) is 4.96. The highest BCUT2D eigenvalue weighted by Gasteiger charge is 2.30. The van der Waals surface area contributed by atoms with Crippen LogP contribution in [0.3, 0.4) is 0 Å². The average Bonchev–Trinajstić information content (AvgIpc) is 3.16. The van der Waals surface area contributed by atoms with E-state index in [4.69, 9.17) is 4.42 Å². The number of hydrogen-bond acceptors (Lipinski definition) is 4. The molecule has 0 saturated heterocycles. The maximum Gasteiger partial charge on any atom is 0.294 e. The summed E-state index contributed by atoms with van der Waals surface area (Å²) in [6, 6.07) is 17.4. The van der Waals surface area contributed by atoms with Gasteiger partial charge in [0.05, 0.1) is 12.1 Å². The summed E-state index contributed by atoms with van der Waals surface area (Å²) >= 11 is 0. The second-order valence-electron chi connectivity index (χ2n) is 8.35. The molecule has 1 aliphatic carbocycles. The maximum atomic E-state index is 13.4. The monoisotopic (exact) mass is 443 g/mol. The maximum absolute atomic E-state index is 13.4. The molecule has 6 heteroatoms. The van der Waals surface area contributed by atoms with E-state index >= 15 is 0 Å². The minimum absolute atomic E-state index is 0.164. The Hall–Kier alpha value is -3.67. The van der Waals surface area contributed by atoms with Gasteiger partial charge in [0.15, 0.2) is 5.76 Å². The van der Waals surface area contributed by atoms with Gasteiger partial charge in [-0.15, -0.1) is 0 Å². The number of aryl methyl sites for hydroxylation is 2. The van der Waals surface area contributed by atoms with Gasteiger partial charge in [0, 0.05) is 29.8 Å². The van der Waals surface area contributed by atoms with Crippen LogP contribution in [-0.2, 0) is 17.6 Å². The molecule has 0 radical (unpaired) electrons. The minimum atomic E-state index is -0.171. The molecular weight excluding hydrogens is 414 g/mol. The van der Waals surface area contributed by atoms with Crippen LogP contribution in [0.15, 0.2) is 64.1 Å². The van der Waals surface area contributed by atoms with Crippen LogP contribution in [0.5, 0.6) is 0 Å². The highest BCUT2D eigenvalue weighted by atomic mass is 16.4. The van der Waals surface area contributed by atoms with Crippen LogP contribution in [0.1, 0.15) is 58.3 Å². The lowest BCUT2D eigenvalue weighted by Gasteiger charge is -2.20. The van der Waals surface area contributed by atoms with Crippen LogP contribution in [0, 0.1) is 13.8 Å². The van der Waals surface area contributed by atoms with E-state index in [0.29, 0.717) is 12.3 Å². The van der Waals surface area contributed by atoms with E-state index in [-0.39, 0.29) is 18.2 Å². The lowest BCUT2D eigenvalue weighted by atomic mass is 9.93. The SMILES string of the molecule is CCN(C(=O)c1oc2c(c1C)/C(=N/NC(=O)Cc1ccccc1)CCC2)c1cccc(C)c1. The van der Waals surface area contributed by atoms with Crippen LogP contribution < -0.4 is 10.3 Å². The lowest BCUT2D eigenvalue weighted by molar-refractivity contribution is -0.120. The van der Waals surface area contributed by atoms with Gasteiger partial charge in [-0.3, -0.25) is 9.59 Å². The molecule has 0 aliphatic heterocycles. The minimum Gasteiger partial charge on any atom is -0.455 e. The molecule has 1 aliphatic rings. The molecular formula is C27H29N3O3. The average molecular weight is 444 g/mol. The van der Waals surface area contributed by atoms with Crippen molar-refractivity contribution < 1.29 is 14.0 Å². The second-order valence-corrected chi connectivity index (χ2v) is 8.35. The highest BCUT2D eigenvalue weighted by Crippen LogP contribution is 2.31. The largest absolute Gasteiger partial charge is 0.455 e. The number of anilines is 1. The Balaban J connectivity index is 1.57. The number of nitrogens with zero attached hydrogens (tertiary/aromatic N) is 2. The number of carbonyl (C=O) groups excluding carboxylic acids is 2. The summed E-state index contributed by atoms with van der Waals surface area (Å²) in [6.07, 6.45) is 2.59. The van der Waals surface area contributed by atoms with Crippen LogP contribution in [0.25, 0.3) is 0 Å². The molecule has 0 spiro atoms. The van der Waals surface area contributed by atoms with Gasteiger partial charge in [0.2, 0.25) is 5.91 Å². The summed E-state index contributed by atoms with van der Waals surface area (Å²) in [7, 11) is 0. The van der Waals surface area contributed by atoms with E-state index in [0.717, 1.165) is 58.7 Å². The van der Waals surface area contributed by atoms with E-state index in [1.165, 1.54) is 0 Å². The van der Waals surface area contributed by atoms with Crippen LogP contribution >= 0.6 is 0 Å². The zero-order valence-corrected chi connectivity index (χ0v) is 19.4. The molecule has 170 valence electrons. The molecule has 33 heavy (non-hydrogen) atoms. The van der Waals surface area contributed by atoms with Gasteiger partial charge in [0.25, 0.3) is 5.91 Å². The second kappa shape index (κ2) is 9.86. The summed E-state index contributed by atoms with van der Waals surface area (Å²) in [5.41, 5.74) is 7.94. The van der Waals surface area contributed by atoms with Gasteiger partial charge in [-0.1, -0.05) is 42.5 Å². The topological polar surface area (TPSA) is 74.9 Å². The van der Waals surface area contributed by atoms with E-state index in [1.54, 1.807) is 4.90 Å². The molecule has 2 amide bonds. The molecule has 4 rings (SSSR count). The third-order valence-corrected chi connectivity index (χ3v) is 5.92. The molecule has 0 saturated carbocycles. The zero-order chi connectivity index (χ0) is 23.4. The Kier molecular flexibility index (Phi) is 6.73. The molecule has 1 aromatic heterocycles. The predicted molar refractivity (Wildman–Crippen MR) is 130 cm³/mol. The van der Waals surface area contributed by atoms with Gasteiger partial charge >= 0.3 is 0 Å². The third-order valence-electron chi connectivity index (χ3n) is 5.92. The van der Waals surface area contributed by atoms with Gasteiger partial charge < -0.3 is 9.32 Å². The molecule has 1 N–H and O–H groups in total. The fourth-order valence-corrected chi connectivity index (χ4v) is 4.30. The van der Waals surface area contributed by atoms with Gasteiger partial charge in [-0.05, 0) is 56.9 Å². The fourth-order valence-electron chi connectivity index (χ4n) is 4.30. The summed E-state index contributed by atoms with van der Waals surface area (Å²) < 4.78 is 6.08. The zero-order valence-electron chi connectivity index (χ0n) is 19.4.